The molecule has 0 saturated carbocycles. The minimum absolute atomic E-state index is 0.0305. The lowest BCUT2D eigenvalue weighted by molar-refractivity contribution is -0.138. The van der Waals surface area contributed by atoms with Crippen molar-refractivity contribution in [1.82, 2.24) is 15.0 Å². The lowest BCUT2D eigenvalue weighted by atomic mass is 9.97. The van der Waals surface area contributed by atoms with Crippen molar-refractivity contribution >= 4 is 5.91 Å². The molecule has 0 radical (unpaired) electrons. The Labute approximate surface area is 129 Å². The molecule has 2 saturated heterocycles. The van der Waals surface area contributed by atoms with Crippen LogP contribution in [-0.4, -0.2) is 60.0 Å². The van der Waals surface area contributed by atoms with Gasteiger partial charge in [-0.25, -0.2) is 0 Å². The fraction of sp³-hybridized carbons (Fsp3) is 0.800. The van der Waals surface area contributed by atoms with Gasteiger partial charge < -0.3 is 18.9 Å². The largest absolute Gasteiger partial charge is 0.376 e. The van der Waals surface area contributed by atoms with E-state index in [1.54, 1.807) is 6.92 Å². The monoisotopic (exact) mass is 309 g/mol. The number of aromatic nitrogens is 2. The Morgan fingerprint density at radius 2 is 2.32 bits per heavy atom. The van der Waals surface area contributed by atoms with Crippen molar-refractivity contribution in [2.75, 3.05) is 32.9 Å². The highest BCUT2D eigenvalue weighted by Crippen LogP contribution is 2.24. The SMILES string of the molecule is Cc1nc([C@@H]2CCCN(C(=O)COC[C@@H]3CCCO3)C2)no1. The number of likely N-dealkylation sites (tertiary alicyclic amines) is 1. The predicted molar refractivity (Wildman–Crippen MR) is 77.4 cm³/mol. The number of nitrogens with zero attached hydrogens (tertiary/aromatic N) is 3. The molecule has 0 aliphatic carbocycles. The molecule has 2 aliphatic rings. The van der Waals surface area contributed by atoms with Gasteiger partial charge in [-0.2, -0.15) is 4.98 Å². The second-order valence-corrected chi connectivity index (χ2v) is 6.00. The number of hydrogen-bond donors (Lipinski definition) is 0. The van der Waals surface area contributed by atoms with Crippen LogP contribution in [0.1, 0.15) is 43.3 Å². The van der Waals surface area contributed by atoms with Crippen LogP contribution in [0.5, 0.6) is 0 Å². The van der Waals surface area contributed by atoms with Gasteiger partial charge in [-0.3, -0.25) is 4.79 Å². The highest BCUT2D eigenvalue weighted by Gasteiger charge is 2.28. The van der Waals surface area contributed by atoms with E-state index in [9.17, 15) is 4.79 Å². The van der Waals surface area contributed by atoms with Crippen LogP contribution in [-0.2, 0) is 14.3 Å². The Kier molecular flexibility index (Phi) is 5.04. The van der Waals surface area contributed by atoms with Crippen molar-refractivity contribution in [3.63, 3.8) is 0 Å². The van der Waals surface area contributed by atoms with Gasteiger partial charge in [-0.1, -0.05) is 5.16 Å². The maximum atomic E-state index is 12.2. The summed E-state index contributed by atoms with van der Waals surface area (Å²) in [7, 11) is 0. The molecule has 0 unspecified atom stereocenters. The summed E-state index contributed by atoms with van der Waals surface area (Å²) in [5.41, 5.74) is 0. The van der Waals surface area contributed by atoms with Crippen LogP contribution in [0.4, 0.5) is 0 Å². The molecule has 22 heavy (non-hydrogen) atoms. The summed E-state index contributed by atoms with van der Waals surface area (Å²) in [6.07, 6.45) is 4.20. The summed E-state index contributed by atoms with van der Waals surface area (Å²) in [4.78, 5) is 18.4. The number of hydrogen-bond acceptors (Lipinski definition) is 6. The number of piperidine rings is 1. The number of ether oxygens (including phenoxy) is 2. The maximum Gasteiger partial charge on any atom is 0.248 e. The second-order valence-electron chi connectivity index (χ2n) is 6.00. The molecular formula is C15H23N3O4. The number of carbonyl (C=O) groups is 1. The average molecular weight is 309 g/mol. The molecule has 2 atom stereocenters. The van der Waals surface area contributed by atoms with Crippen molar-refractivity contribution < 1.29 is 18.8 Å². The Hall–Kier alpha value is -1.47. The lowest BCUT2D eigenvalue weighted by Crippen LogP contribution is -2.41. The summed E-state index contributed by atoms with van der Waals surface area (Å²) >= 11 is 0. The molecule has 122 valence electrons. The van der Waals surface area contributed by atoms with Crippen molar-refractivity contribution in [3.05, 3.63) is 11.7 Å². The summed E-state index contributed by atoms with van der Waals surface area (Å²) in [6, 6.07) is 0. The molecule has 0 spiro atoms. The van der Waals surface area contributed by atoms with Gasteiger partial charge in [0.2, 0.25) is 11.8 Å². The standard InChI is InChI=1S/C15H23N3O4/c1-11-16-15(17-22-11)12-4-2-6-18(8-12)14(19)10-20-9-13-5-3-7-21-13/h12-13H,2-10H2,1H3/t12-,13+/m1/s1. The topological polar surface area (TPSA) is 77.7 Å². The van der Waals surface area contributed by atoms with E-state index in [0.29, 0.717) is 24.9 Å². The van der Waals surface area contributed by atoms with Crippen LogP contribution in [0.2, 0.25) is 0 Å². The minimum atomic E-state index is 0.0305. The molecule has 2 fully saturated rings. The summed E-state index contributed by atoms with van der Waals surface area (Å²) < 4.78 is 16.0. The third-order valence-corrected chi connectivity index (χ3v) is 4.24. The van der Waals surface area contributed by atoms with E-state index < -0.39 is 0 Å². The second kappa shape index (κ2) is 7.19. The van der Waals surface area contributed by atoms with Crippen LogP contribution in [0.15, 0.2) is 4.52 Å². The van der Waals surface area contributed by atoms with Crippen molar-refractivity contribution in [2.45, 2.75) is 44.6 Å². The van der Waals surface area contributed by atoms with E-state index >= 15 is 0 Å². The molecular weight excluding hydrogens is 286 g/mol. The third-order valence-electron chi connectivity index (χ3n) is 4.24. The number of amides is 1. The first-order valence-corrected chi connectivity index (χ1v) is 7.99. The first kappa shape index (κ1) is 15.4. The van der Waals surface area contributed by atoms with Crippen molar-refractivity contribution in [3.8, 4) is 0 Å². The van der Waals surface area contributed by atoms with Gasteiger partial charge in [0.1, 0.15) is 6.61 Å². The zero-order valence-electron chi connectivity index (χ0n) is 13.0. The molecule has 3 rings (SSSR count). The molecule has 7 nitrogen and oxygen atoms in total. The van der Waals surface area contributed by atoms with E-state index in [1.807, 2.05) is 4.90 Å². The Morgan fingerprint density at radius 3 is 3.05 bits per heavy atom. The summed E-state index contributed by atoms with van der Waals surface area (Å²) in [5.74, 6) is 1.46. The predicted octanol–water partition coefficient (Wildman–Crippen LogP) is 1.28. The highest BCUT2D eigenvalue weighted by atomic mass is 16.5. The van der Waals surface area contributed by atoms with E-state index in [0.717, 1.165) is 38.8 Å². The number of aryl methyl sites for hydroxylation is 1. The Bertz CT molecular complexity index is 499. The maximum absolute atomic E-state index is 12.2. The number of carbonyl (C=O) groups excluding carboxylic acids is 1. The fourth-order valence-corrected chi connectivity index (χ4v) is 3.04. The fourth-order valence-electron chi connectivity index (χ4n) is 3.04. The van der Waals surface area contributed by atoms with Crippen LogP contribution >= 0.6 is 0 Å². The molecule has 1 aromatic rings. The molecule has 7 heteroatoms. The van der Waals surface area contributed by atoms with Crippen LogP contribution in [0.25, 0.3) is 0 Å². The van der Waals surface area contributed by atoms with Crippen LogP contribution in [0, 0.1) is 6.92 Å². The van der Waals surface area contributed by atoms with Gasteiger partial charge in [-0.05, 0) is 25.7 Å². The van der Waals surface area contributed by atoms with Gasteiger partial charge in [0.15, 0.2) is 5.82 Å². The zero-order valence-corrected chi connectivity index (χ0v) is 13.0. The van der Waals surface area contributed by atoms with E-state index in [-0.39, 0.29) is 24.5 Å². The van der Waals surface area contributed by atoms with Crippen LogP contribution in [0.3, 0.4) is 0 Å². The Morgan fingerprint density at radius 1 is 1.41 bits per heavy atom. The van der Waals surface area contributed by atoms with Gasteiger partial charge in [0.05, 0.1) is 12.7 Å². The van der Waals surface area contributed by atoms with Crippen molar-refractivity contribution in [2.24, 2.45) is 0 Å². The van der Waals surface area contributed by atoms with Crippen molar-refractivity contribution in [1.29, 1.82) is 0 Å². The Balaban J connectivity index is 1.45. The minimum Gasteiger partial charge on any atom is -0.376 e. The molecule has 1 amide bonds. The summed E-state index contributed by atoms with van der Waals surface area (Å²) in [6.45, 7) is 4.63. The van der Waals surface area contributed by atoms with E-state index in [2.05, 4.69) is 10.1 Å². The molecule has 3 heterocycles. The zero-order chi connectivity index (χ0) is 15.4. The quantitative estimate of drug-likeness (QED) is 0.815. The van der Waals surface area contributed by atoms with E-state index in [4.69, 9.17) is 14.0 Å². The van der Waals surface area contributed by atoms with Gasteiger partial charge in [0, 0.05) is 32.5 Å². The summed E-state index contributed by atoms with van der Waals surface area (Å²) in [5, 5.41) is 3.98. The number of rotatable bonds is 5. The molecule has 0 aromatic carbocycles. The molecule has 0 bridgehead atoms. The lowest BCUT2D eigenvalue weighted by Gasteiger charge is -2.31. The van der Waals surface area contributed by atoms with Gasteiger partial charge in [-0.15, -0.1) is 0 Å². The molecule has 1 aromatic heterocycles. The third kappa shape index (κ3) is 3.84. The van der Waals surface area contributed by atoms with Crippen LogP contribution < -0.4 is 0 Å². The average Bonchev–Trinajstić information content (AvgIpc) is 3.19. The molecule has 0 N–H and O–H groups in total. The molecule has 2 aliphatic heterocycles. The normalized spacial score (nSPS) is 25.6. The first-order valence-electron chi connectivity index (χ1n) is 7.99. The van der Waals surface area contributed by atoms with Gasteiger partial charge >= 0.3 is 0 Å². The smallest absolute Gasteiger partial charge is 0.248 e. The first-order chi connectivity index (χ1) is 10.7. The van der Waals surface area contributed by atoms with E-state index in [1.165, 1.54) is 0 Å². The highest BCUT2D eigenvalue weighted by molar-refractivity contribution is 5.77. The van der Waals surface area contributed by atoms with Gasteiger partial charge in [0.25, 0.3) is 0 Å².